The highest BCUT2D eigenvalue weighted by atomic mass is 16.4. The van der Waals surface area contributed by atoms with E-state index in [1.807, 2.05) is 0 Å². The Labute approximate surface area is 352 Å². The van der Waals surface area contributed by atoms with E-state index >= 15 is 0 Å². The van der Waals surface area contributed by atoms with Crippen LogP contribution in [0.4, 0.5) is 11.6 Å². The van der Waals surface area contributed by atoms with Crippen LogP contribution in [0, 0.1) is 5.92 Å². The number of amides is 2. The first kappa shape index (κ1) is 49.0. The Kier molecular flexibility index (Phi) is 17.6. The maximum Gasteiger partial charge on any atom is 0.326 e. The number of guanidine groups is 1. The van der Waals surface area contributed by atoms with Crippen molar-refractivity contribution in [2.24, 2.45) is 22.4 Å². The zero-order chi connectivity index (χ0) is 46.3. The summed E-state index contributed by atoms with van der Waals surface area (Å²) in [6, 6.07) is 1.47. The number of fused-ring (bicyclic) bond motifs is 1. The molecule has 0 spiro atoms. The van der Waals surface area contributed by atoms with E-state index in [4.69, 9.17) is 17.2 Å². The van der Waals surface area contributed by atoms with Gasteiger partial charge >= 0.3 is 17.9 Å². The lowest BCUT2D eigenvalue weighted by molar-refractivity contribution is -0.142. The quantitative estimate of drug-likeness (QED) is 0.0257. The molecule has 24 nitrogen and oxygen atoms in total. The molecule has 0 saturated heterocycles. The van der Waals surface area contributed by atoms with E-state index in [1.165, 1.54) is 32.2 Å². The summed E-state index contributed by atoms with van der Waals surface area (Å²) >= 11 is 0. The van der Waals surface area contributed by atoms with Gasteiger partial charge in [-0.3, -0.25) is 53.6 Å². The van der Waals surface area contributed by atoms with Gasteiger partial charge in [-0.1, -0.05) is 0 Å². The highest BCUT2D eigenvalue weighted by Gasteiger charge is 2.36. The van der Waals surface area contributed by atoms with E-state index in [0.717, 1.165) is 6.92 Å². The molecule has 1 aromatic carbocycles. The number of anilines is 2. The summed E-state index contributed by atoms with van der Waals surface area (Å²) in [5.41, 5.74) is 15.2. The summed E-state index contributed by atoms with van der Waals surface area (Å²) < 4.78 is 0. The number of aromatic nitrogens is 4. The first-order valence-corrected chi connectivity index (χ1v) is 19.1. The normalized spacial score (nSPS) is 13.1. The molecule has 0 aliphatic carbocycles. The van der Waals surface area contributed by atoms with Crippen LogP contribution in [0.1, 0.15) is 81.8 Å². The van der Waals surface area contributed by atoms with E-state index in [-0.39, 0.29) is 61.0 Å². The first-order chi connectivity index (χ1) is 29.1. The molecule has 62 heavy (non-hydrogen) atoms. The van der Waals surface area contributed by atoms with Gasteiger partial charge in [-0.25, -0.2) is 14.8 Å². The number of H-pyrrole nitrogens is 1. The van der Waals surface area contributed by atoms with Crippen LogP contribution in [0.25, 0.3) is 11.2 Å². The van der Waals surface area contributed by atoms with Crippen LogP contribution in [-0.4, -0.2) is 118 Å². The summed E-state index contributed by atoms with van der Waals surface area (Å²) in [4.78, 5) is 131. The fraction of sp³-hybridized carbons (Fsp3) is 0.447. The standard InChI is InChI=1S/C38H50N12O12/c1-18(51)24(14-28(54)55)47-33(59)20(5-4-12-42-36(39)40)13-26(52)25(15-29(56)57)50-38(2,3)27(53)11-10-23(35(61)62)46-32(58)19-6-8-21(9-7-19)43-16-22-17-44-31-30(45-22)34(60)49-37(41)48-31/h6-9,17,20,23-25,43,50H,4-5,10-16H2,1-3H3,(H,46,58)(H,47,59)(H,54,55)(H,56,57)(H,61,62)(H4,39,40,42)(H3,41,44,48,49,60)/t20-,23+,24+,25+/m1/s1. The number of hydrogen-bond donors (Lipinski definition) is 11. The predicted molar refractivity (Wildman–Crippen MR) is 220 cm³/mol. The zero-order valence-corrected chi connectivity index (χ0v) is 34.1. The van der Waals surface area contributed by atoms with Crippen LogP contribution in [0.15, 0.2) is 40.2 Å². The third-order valence-corrected chi connectivity index (χ3v) is 9.38. The number of nitrogen functional groups attached to an aromatic ring is 1. The van der Waals surface area contributed by atoms with Crippen molar-refractivity contribution < 1.29 is 53.7 Å². The highest BCUT2D eigenvalue weighted by Crippen LogP contribution is 2.20. The van der Waals surface area contributed by atoms with E-state index in [1.54, 1.807) is 12.1 Å². The summed E-state index contributed by atoms with van der Waals surface area (Å²) in [6.07, 6.45) is -1.40. The van der Waals surface area contributed by atoms with Gasteiger partial charge in [0.05, 0.1) is 48.9 Å². The molecule has 2 aromatic heterocycles. The minimum Gasteiger partial charge on any atom is -0.481 e. The molecule has 0 unspecified atom stereocenters. The van der Waals surface area contributed by atoms with Crippen molar-refractivity contribution in [3.8, 4) is 0 Å². The van der Waals surface area contributed by atoms with Gasteiger partial charge in [0, 0.05) is 36.6 Å². The number of aliphatic imine (C=N–C) groups is 1. The summed E-state index contributed by atoms with van der Waals surface area (Å²) in [7, 11) is 0. The van der Waals surface area contributed by atoms with Crippen molar-refractivity contribution in [1.82, 2.24) is 35.9 Å². The van der Waals surface area contributed by atoms with Gasteiger partial charge < -0.3 is 48.5 Å². The largest absolute Gasteiger partial charge is 0.481 e. The van der Waals surface area contributed by atoms with Crippen LogP contribution in [0.2, 0.25) is 0 Å². The second kappa shape index (κ2) is 22.3. The van der Waals surface area contributed by atoms with Gasteiger partial charge in [0.15, 0.2) is 34.5 Å². The van der Waals surface area contributed by atoms with Gasteiger partial charge in [0.25, 0.3) is 11.5 Å². The maximum atomic E-state index is 13.6. The molecule has 2 amide bonds. The molecule has 0 bridgehead atoms. The Morgan fingerprint density at radius 3 is 2.11 bits per heavy atom. The molecule has 0 fully saturated rings. The summed E-state index contributed by atoms with van der Waals surface area (Å²) in [5.74, 6) is -9.44. The molecule has 0 saturated carbocycles. The topological polar surface area (TPSA) is 407 Å². The Bertz CT molecular complexity index is 2260. The number of ketones is 3. The van der Waals surface area contributed by atoms with Crippen molar-refractivity contribution >= 4 is 75.8 Å². The van der Waals surface area contributed by atoms with Gasteiger partial charge in [-0.05, 0) is 64.3 Å². The average Bonchev–Trinajstić information content (AvgIpc) is 3.18. The molecular weight excluding hydrogens is 816 g/mol. The number of carboxylic acids is 3. The SMILES string of the molecule is CC(=O)[C@H](CC(=O)O)NC(=O)[C@H](CCCN=C(N)N)CC(=O)[C@H](CC(=O)O)NC(C)(C)C(=O)CC[C@H](NC(=O)c1ccc(NCc2cnc3nc(N)[nH]c(=O)c3n2)cc1)C(=O)O. The molecule has 334 valence electrons. The maximum absolute atomic E-state index is 13.6. The number of nitrogens with zero attached hydrogens (tertiary/aromatic N) is 4. The fourth-order valence-corrected chi connectivity index (χ4v) is 6.03. The number of nitrogens with one attached hydrogen (secondary N) is 5. The lowest BCUT2D eigenvalue weighted by atomic mass is 9.88. The number of Topliss-reactive ketones (excluding diaryl/α,β-unsaturated/α-hetero) is 3. The van der Waals surface area contributed by atoms with E-state index in [0.29, 0.717) is 11.4 Å². The zero-order valence-electron chi connectivity index (χ0n) is 34.1. The van der Waals surface area contributed by atoms with Crippen molar-refractivity contribution in [1.29, 1.82) is 0 Å². The smallest absolute Gasteiger partial charge is 0.326 e. The number of carbonyl (C=O) groups excluding carboxylic acids is 5. The van der Waals surface area contributed by atoms with E-state index in [2.05, 4.69) is 46.2 Å². The van der Waals surface area contributed by atoms with E-state index < -0.39 is 108 Å². The molecule has 2 heterocycles. The van der Waals surface area contributed by atoms with Gasteiger partial charge in [-0.15, -0.1) is 0 Å². The molecule has 0 aliphatic heterocycles. The van der Waals surface area contributed by atoms with Gasteiger partial charge in [0.2, 0.25) is 11.9 Å². The van der Waals surface area contributed by atoms with Crippen LogP contribution in [-0.2, 0) is 40.1 Å². The Hall–Kier alpha value is -7.37. The first-order valence-electron chi connectivity index (χ1n) is 19.1. The minimum absolute atomic E-state index is 0.00241. The lowest BCUT2D eigenvalue weighted by Gasteiger charge is -2.31. The third-order valence-electron chi connectivity index (χ3n) is 9.38. The molecule has 0 radical (unpaired) electrons. The highest BCUT2D eigenvalue weighted by molar-refractivity contribution is 5.98. The van der Waals surface area contributed by atoms with Crippen molar-refractivity contribution in [2.45, 2.75) is 95.9 Å². The monoisotopic (exact) mass is 866 g/mol. The van der Waals surface area contributed by atoms with Crippen LogP contribution >= 0.6 is 0 Å². The molecule has 3 aromatic rings. The number of rotatable bonds is 26. The Morgan fingerprint density at radius 2 is 1.52 bits per heavy atom. The molecule has 3 rings (SSSR count). The van der Waals surface area contributed by atoms with Crippen LogP contribution < -0.4 is 44.0 Å². The van der Waals surface area contributed by atoms with Crippen molar-refractivity contribution in [3.05, 3.63) is 52.1 Å². The Balaban J connectivity index is 1.65. The van der Waals surface area contributed by atoms with Crippen LogP contribution in [0.3, 0.4) is 0 Å². The molecular formula is C38H50N12O12. The second-order valence-electron chi connectivity index (χ2n) is 14.7. The third kappa shape index (κ3) is 15.3. The predicted octanol–water partition coefficient (Wildman–Crippen LogP) is -1.17. The lowest BCUT2D eigenvalue weighted by Crippen LogP contribution is -2.55. The number of nitrogens with two attached hydrogens (primary N) is 3. The summed E-state index contributed by atoms with van der Waals surface area (Å²) in [6.45, 7) is 3.98. The van der Waals surface area contributed by atoms with Crippen molar-refractivity contribution in [3.63, 3.8) is 0 Å². The molecule has 14 N–H and O–H groups in total. The molecule has 24 heteroatoms. The van der Waals surface area contributed by atoms with Gasteiger partial charge in [0.1, 0.15) is 6.04 Å². The molecule has 4 atom stereocenters. The number of hydrogen-bond acceptors (Lipinski definition) is 16. The Morgan fingerprint density at radius 1 is 0.871 bits per heavy atom. The van der Waals surface area contributed by atoms with Crippen molar-refractivity contribution in [2.75, 3.05) is 17.6 Å². The van der Waals surface area contributed by atoms with Crippen LogP contribution in [0.5, 0.6) is 0 Å². The number of aliphatic carboxylic acids is 3. The fourth-order valence-electron chi connectivity index (χ4n) is 6.03. The number of benzene rings is 1. The summed E-state index contributed by atoms with van der Waals surface area (Å²) in [5, 5.41) is 39.2. The molecule has 0 aliphatic rings. The number of carbonyl (C=O) groups is 8. The number of carboxylic acid groups (broad SMARTS) is 3. The number of aromatic amines is 1. The second-order valence-corrected chi connectivity index (χ2v) is 14.7. The van der Waals surface area contributed by atoms with Gasteiger partial charge in [-0.2, -0.15) is 4.98 Å². The average molecular weight is 867 g/mol. The minimum atomic E-state index is -1.63. The van der Waals surface area contributed by atoms with E-state index in [9.17, 15) is 58.5 Å².